The fraction of sp³-hybridized carbons (Fsp3) is 0.300. The first-order valence-corrected chi connectivity index (χ1v) is 8.04. The highest BCUT2D eigenvalue weighted by Crippen LogP contribution is 2.16. The van der Waals surface area contributed by atoms with Gasteiger partial charge in [-0.25, -0.2) is 4.79 Å². The molecule has 0 saturated heterocycles. The molecule has 0 aliphatic carbocycles. The Morgan fingerprint density at radius 1 is 1.00 bits per heavy atom. The van der Waals surface area contributed by atoms with E-state index in [-0.39, 0.29) is 5.91 Å². The lowest BCUT2D eigenvalue weighted by Gasteiger charge is -2.17. The summed E-state index contributed by atoms with van der Waals surface area (Å²) in [5.41, 5.74) is 2.40. The van der Waals surface area contributed by atoms with Gasteiger partial charge in [0.15, 0.2) is 6.04 Å². The van der Waals surface area contributed by atoms with Crippen molar-refractivity contribution in [2.75, 3.05) is 7.11 Å². The quantitative estimate of drug-likeness (QED) is 0.827. The van der Waals surface area contributed by atoms with Crippen molar-refractivity contribution in [2.45, 2.75) is 26.3 Å². The van der Waals surface area contributed by atoms with Crippen LogP contribution in [-0.2, 0) is 16.0 Å². The average Bonchev–Trinajstić information content (AvgIpc) is 2.59. The van der Waals surface area contributed by atoms with Crippen LogP contribution in [0.5, 0.6) is 0 Å². The highest BCUT2D eigenvalue weighted by molar-refractivity contribution is 5.97. The molecule has 2 rings (SSSR count). The molecule has 0 heterocycles. The average molecular weight is 325 g/mol. The largest absolute Gasteiger partial charge is 0.467 e. The van der Waals surface area contributed by atoms with E-state index < -0.39 is 12.0 Å². The van der Waals surface area contributed by atoms with Gasteiger partial charge in [-0.2, -0.15) is 0 Å². The number of hydrogen-bond donors (Lipinski definition) is 1. The summed E-state index contributed by atoms with van der Waals surface area (Å²) in [7, 11) is 1.31. The summed E-state index contributed by atoms with van der Waals surface area (Å²) < 4.78 is 4.81. The Bertz CT molecular complexity index is 678. The Kier molecular flexibility index (Phi) is 6.13. The van der Waals surface area contributed by atoms with E-state index >= 15 is 0 Å². The van der Waals surface area contributed by atoms with Crippen molar-refractivity contribution in [2.24, 2.45) is 5.92 Å². The molecule has 2 aromatic carbocycles. The third-order valence-corrected chi connectivity index (χ3v) is 3.71. The molecule has 24 heavy (non-hydrogen) atoms. The van der Waals surface area contributed by atoms with Crippen molar-refractivity contribution >= 4 is 11.9 Å². The molecule has 0 spiro atoms. The number of carbonyl (C=O) groups is 2. The SMILES string of the molecule is COC(=O)C(NC(=O)c1ccc(CC(C)C)cc1)c1ccccc1. The molecule has 0 aliphatic heterocycles. The Morgan fingerprint density at radius 3 is 2.17 bits per heavy atom. The zero-order valence-corrected chi connectivity index (χ0v) is 14.3. The van der Waals surface area contributed by atoms with E-state index in [2.05, 4.69) is 19.2 Å². The summed E-state index contributed by atoms with van der Waals surface area (Å²) in [4.78, 5) is 24.5. The first-order chi connectivity index (χ1) is 11.5. The van der Waals surface area contributed by atoms with Crippen LogP contribution in [0.2, 0.25) is 0 Å². The Hall–Kier alpha value is -2.62. The summed E-state index contributed by atoms with van der Waals surface area (Å²) in [5, 5.41) is 2.75. The molecule has 126 valence electrons. The highest BCUT2D eigenvalue weighted by Gasteiger charge is 2.23. The van der Waals surface area contributed by atoms with Gasteiger partial charge in [0.05, 0.1) is 7.11 Å². The number of rotatable bonds is 6. The second kappa shape index (κ2) is 8.29. The number of amides is 1. The number of ether oxygens (including phenoxy) is 1. The molecular formula is C20H23NO3. The summed E-state index contributed by atoms with van der Waals surface area (Å²) in [6.07, 6.45) is 0.969. The normalized spacial score (nSPS) is 11.8. The molecule has 0 fully saturated rings. The molecule has 1 N–H and O–H groups in total. The van der Waals surface area contributed by atoms with E-state index in [0.29, 0.717) is 17.0 Å². The lowest BCUT2D eigenvalue weighted by atomic mass is 10.0. The number of esters is 1. The van der Waals surface area contributed by atoms with Crippen LogP contribution in [0.4, 0.5) is 0 Å². The van der Waals surface area contributed by atoms with Gasteiger partial charge in [0.2, 0.25) is 0 Å². The summed E-state index contributed by atoms with van der Waals surface area (Å²) in [6.45, 7) is 4.31. The lowest BCUT2D eigenvalue weighted by molar-refractivity contribution is -0.143. The molecule has 0 saturated carbocycles. The lowest BCUT2D eigenvalue weighted by Crippen LogP contribution is -2.34. The van der Waals surface area contributed by atoms with Crippen LogP contribution in [0, 0.1) is 5.92 Å². The summed E-state index contributed by atoms with van der Waals surface area (Å²) >= 11 is 0. The van der Waals surface area contributed by atoms with E-state index in [4.69, 9.17) is 4.74 Å². The molecular weight excluding hydrogens is 302 g/mol. The van der Waals surface area contributed by atoms with Gasteiger partial charge in [-0.05, 0) is 35.6 Å². The first-order valence-electron chi connectivity index (χ1n) is 8.04. The standard InChI is InChI=1S/C20H23NO3/c1-14(2)13-15-9-11-17(12-10-15)19(22)21-18(20(23)24-3)16-7-5-4-6-8-16/h4-12,14,18H,13H2,1-3H3,(H,21,22). The zero-order chi connectivity index (χ0) is 17.5. The van der Waals surface area contributed by atoms with Gasteiger partial charge < -0.3 is 10.1 Å². The summed E-state index contributed by atoms with van der Waals surface area (Å²) in [5.74, 6) is -0.234. The molecule has 1 atom stereocenters. The van der Waals surface area contributed by atoms with Crippen molar-refractivity contribution in [1.29, 1.82) is 0 Å². The van der Waals surface area contributed by atoms with Crippen molar-refractivity contribution < 1.29 is 14.3 Å². The van der Waals surface area contributed by atoms with Crippen LogP contribution in [0.25, 0.3) is 0 Å². The molecule has 0 aliphatic rings. The van der Waals surface area contributed by atoms with Crippen LogP contribution >= 0.6 is 0 Å². The van der Waals surface area contributed by atoms with Gasteiger partial charge >= 0.3 is 5.97 Å². The maximum absolute atomic E-state index is 12.5. The molecule has 4 nitrogen and oxygen atoms in total. The maximum Gasteiger partial charge on any atom is 0.333 e. The summed E-state index contributed by atoms with van der Waals surface area (Å²) in [6, 6.07) is 15.7. The fourth-order valence-corrected chi connectivity index (χ4v) is 2.52. The fourth-order valence-electron chi connectivity index (χ4n) is 2.52. The predicted octanol–water partition coefficient (Wildman–Crippen LogP) is 3.53. The van der Waals surface area contributed by atoms with Crippen LogP contribution in [0.15, 0.2) is 54.6 Å². The van der Waals surface area contributed by atoms with E-state index in [0.717, 1.165) is 6.42 Å². The minimum atomic E-state index is -0.820. The van der Waals surface area contributed by atoms with Crippen LogP contribution in [0.3, 0.4) is 0 Å². The Morgan fingerprint density at radius 2 is 1.62 bits per heavy atom. The molecule has 0 bridgehead atoms. The smallest absolute Gasteiger partial charge is 0.333 e. The highest BCUT2D eigenvalue weighted by atomic mass is 16.5. The van der Waals surface area contributed by atoms with Gasteiger partial charge in [-0.3, -0.25) is 4.79 Å². The minimum absolute atomic E-state index is 0.301. The van der Waals surface area contributed by atoms with Gasteiger partial charge in [0, 0.05) is 5.56 Å². The van der Waals surface area contributed by atoms with E-state index in [1.165, 1.54) is 12.7 Å². The maximum atomic E-state index is 12.5. The predicted molar refractivity (Wildman–Crippen MR) is 93.6 cm³/mol. The molecule has 4 heteroatoms. The van der Waals surface area contributed by atoms with E-state index in [1.54, 1.807) is 24.3 Å². The van der Waals surface area contributed by atoms with E-state index in [9.17, 15) is 9.59 Å². The van der Waals surface area contributed by atoms with E-state index in [1.807, 2.05) is 30.3 Å². The second-order valence-corrected chi connectivity index (χ2v) is 6.14. The van der Waals surface area contributed by atoms with Gasteiger partial charge in [0.25, 0.3) is 5.91 Å². The molecule has 0 radical (unpaired) electrons. The monoisotopic (exact) mass is 325 g/mol. The van der Waals surface area contributed by atoms with Crippen LogP contribution in [0.1, 0.15) is 41.4 Å². The Labute approximate surface area is 142 Å². The van der Waals surface area contributed by atoms with Crippen LogP contribution < -0.4 is 5.32 Å². The number of methoxy groups -OCH3 is 1. The molecule has 1 amide bonds. The Balaban J connectivity index is 2.14. The van der Waals surface area contributed by atoms with Crippen molar-refractivity contribution in [1.82, 2.24) is 5.32 Å². The first kappa shape index (κ1) is 17.7. The van der Waals surface area contributed by atoms with Gasteiger partial charge in [-0.1, -0.05) is 56.3 Å². The molecule has 2 aromatic rings. The number of carbonyl (C=O) groups excluding carboxylic acids is 2. The number of hydrogen-bond acceptors (Lipinski definition) is 3. The topological polar surface area (TPSA) is 55.4 Å². The van der Waals surface area contributed by atoms with Crippen molar-refractivity contribution in [3.63, 3.8) is 0 Å². The zero-order valence-electron chi connectivity index (χ0n) is 14.3. The number of benzene rings is 2. The van der Waals surface area contributed by atoms with Gasteiger partial charge in [-0.15, -0.1) is 0 Å². The third kappa shape index (κ3) is 4.69. The van der Waals surface area contributed by atoms with Crippen molar-refractivity contribution in [3.8, 4) is 0 Å². The molecule has 0 aromatic heterocycles. The van der Waals surface area contributed by atoms with Crippen molar-refractivity contribution in [3.05, 3.63) is 71.3 Å². The second-order valence-electron chi connectivity index (χ2n) is 6.14. The molecule has 1 unspecified atom stereocenters. The van der Waals surface area contributed by atoms with Gasteiger partial charge in [0.1, 0.15) is 0 Å². The number of nitrogens with one attached hydrogen (secondary N) is 1. The third-order valence-electron chi connectivity index (χ3n) is 3.71. The van der Waals surface area contributed by atoms with Crippen LogP contribution in [-0.4, -0.2) is 19.0 Å². The minimum Gasteiger partial charge on any atom is -0.467 e.